The van der Waals surface area contributed by atoms with Crippen molar-refractivity contribution >= 4 is 23.4 Å². The lowest BCUT2D eigenvalue weighted by molar-refractivity contribution is -0.115. The fourth-order valence-electron chi connectivity index (χ4n) is 2.31. The molecule has 6 nitrogen and oxygen atoms in total. The second kappa shape index (κ2) is 8.83. The van der Waals surface area contributed by atoms with Crippen LogP contribution in [-0.4, -0.2) is 26.3 Å². The van der Waals surface area contributed by atoms with Crippen LogP contribution in [0.1, 0.15) is 18.3 Å². The quantitative estimate of drug-likeness (QED) is 0.580. The van der Waals surface area contributed by atoms with Crippen LogP contribution in [0.15, 0.2) is 47.6 Å². The lowest BCUT2D eigenvalue weighted by Gasteiger charge is -2.11. The zero-order valence-electron chi connectivity index (χ0n) is 15.2. The molecule has 0 aliphatic carbocycles. The fourth-order valence-corrected chi connectivity index (χ4v) is 3.06. The number of para-hydroxylation sites is 2. The lowest BCUT2D eigenvalue weighted by atomic mass is 10.2. The summed E-state index contributed by atoms with van der Waals surface area (Å²) in [7, 11) is 0. The molecular formula is C19H18F2N4O2S. The molecule has 0 aliphatic heterocycles. The van der Waals surface area contributed by atoms with Gasteiger partial charge in [-0.05, 0) is 37.6 Å². The van der Waals surface area contributed by atoms with E-state index in [2.05, 4.69) is 20.5 Å². The molecule has 0 spiro atoms. The number of nitrogens with one attached hydrogen (secondary N) is 2. The minimum atomic E-state index is -0.834. The van der Waals surface area contributed by atoms with Gasteiger partial charge in [-0.25, -0.2) is 13.8 Å². The summed E-state index contributed by atoms with van der Waals surface area (Å²) in [4.78, 5) is 16.5. The van der Waals surface area contributed by atoms with Crippen LogP contribution >= 0.6 is 11.8 Å². The number of amides is 1. The van der Waals surface area contributed by atoms with Gasteiger partial charge in [-0.15, -0.1) is 5.10 Å². The van der Waals surface area contributed by atoms with E-state index >= 15 is 0 Å². The molecule has 2 N–H and O–H groups in total. The van der Waals surface area contributed by atoms with E-state index in [-0.39, 0.29) is 6.61 Å². The Hall–Kier alpha value is -2.94. The molecule has 1 aromatic heterocycles. The number of H-pyrrole nitrogens is 1. The van der Waals surface area contributed by atoms with Crippen LogP contribution in [0.5, 0.6) is 5.75 Å². The number of anilines is 1. The van der Waals surface area contributed by atoms with E-state index in [1.165, 1.54) is 6.07 Å². The predicted octanol–water partition coefficient (Wildman–Crippen LogP) is 4.09. The molecule has 0 saturated carbocycles. The van der Waals surface area contributed by atoms with E-state index in [0.717, 1.165) is 35.2 Å². The molecule has 0 bridgehead atoms. The second-order valence-corrected chi connectivity index (χ2v) is 7.27. The van der Waals surface area contributed by atoms with Gasteiger partial charge < -0.3 is 10.1 Å². The highest BCUT2D eigenvalue weighted by atomic mass is 32.2. The van der Waals surface area contributed by atoms with Gasteiger partial charge in [-0.2, -0.15) is 0 Å². The monoisotopic (exact) mass is 404 g/mol. The van der Waals surface area contributed by atoms with Crippen molar-refractivity contribution in [2.75, 3.05) is 5.32 Å². The van der Waals surface area contributed by atoms with E-state index in [9.17, 15) is 13.6 Å². The van der Waals surface area contributed by atoms with Crippen molar-refractivity contribution in [1.82, 2.24) is 15.2 Å². The molecule has 1 amide bonds. The third kappa shape index (κ3) is 4.86. The first-order valence-corrected chi connectivity index (χ1v) is 9.33. The molecule has 0 fully saturated rings. The molecule has 2 aromatic carbocycles. The molecular weight excluding hydrogens is 386 g/mol. The molecule has 28 heavy (non-hydrogen) atoms. The van der Waals surface area contributed by atoms with Crippen molar-refractivity contribution < 1.29 is 18.3 Å². The minimum Gasteiger partial charge on any atom is -0.485 e. The highest BCUT2D eigenvalue weighted by Gasteiger charge is 2.20. The zero-order valence-corrected chi connectivity index (χ0v) is 16.0. The van der Waals surface area contributed by atoms with Gasteiger partial charge in [-0.3, -0.25) is 9.89 Å². The molecule has 0 unspecified atom stereocenters. The summed E-state index contributed by atoms with van der Waals surface area (Å²) in [5.74, 6) is -0.985. The van der Waals surface area contributed by atoms with E-state index < -0.39 is 28.5 Å². The van der Waals surface area contributed by atoms with Crippen molar-refractivity contribution in [3.63, 3.8) is 0 Å². The minimum absolute atomic E-state index is 0.194. The van der Waals surface area contributed by atoms with Gasteiger partial charge in [-0.1, -0.05) is 36.0 Å². The number of thioether (sulfide) groups is 1. The average molecular weight is 404 g/mol. The number of halogens is 2. The van der Waals surface area contributed by atoms with Gasteiger partial charge in [0.25, 0.3) is 0 Å². The molecule has 3 aromatic rings. The molecule has 9 heteroatoms. The molecule has 1 heterocycles. The molecule has 146 valence electrons. The Morgan fingerprint density at radius 1 is 1.21 bits per heavy atom. The number of aromatic nitrogens is 3. The van der Waals surface area contributed by atoms with Crippen LogP contribution in [-0.2, 0) is 11.4 Å². The second-order valence-electron chi connectivity index (χ2n) is 5.96. The summed E-state index contributed by atoms with van der Waals surface area (Å²) >= 11 is 1.06. The van der Waals surface area contributed by atoms with E-state index in [4.69, 9.17) is 4.74 Å². The Kier molecular flexibility index (Phi) is 6.25. The van der Waals surface area contributed by atoms with Crippen molar-refractivity contribution in [3.8, 4) is 5.75 Å². The summed E-state index contributed by atoms with van der Waals surface area (Å²) in [5.41, 5.74) is 0.532. The zero-order chi connectivity index (χ0) is 20.1. The number of hydrogen-bond donors (Lipinski definition) is 2. The number of aryl methyl sites for hydroxylation is 1. The summed E-state index contributed by atoms with van der Waals surface area (Å²) in [6.07, 6.45) is 0. The molecule has 3 rings (SSSR count). The summed E-state index contributed by atoms with van der Waals surface area (Å²) in [6.45, 7) is 3.73. The molecule has 1 atom stereocenters. The fraction of sp³-hybridized carbons (Fsp3) is 0.211. The smallest absolute Gasteiger partial charge is 0.237 e. The van der Waals surface area contributed by atoms with Crippen LogP contribution in [0.4, 0.5) is 14.5 Å². The average Bonchev–Trinajstić information content (AvgIpc) is 3.11. The first-order chi connectivity index (χ1) is 13.4. The number of aromatic amines is 1. The molecule has 0 radical (unpaired) electrons. The largest absolute Gasteiger partial charge is 0.485 e. The first-order valence-electron chi connectivity index (χ1n) is 8.45. The van der Waals surface area contributed by atoms with Crippen LogP contribution in [0, 0.1) is 18.6 Å². The Morgan fingerprint density at radius 3 is 2.64 bits per heavy atom. The van der Waals surface area contributed by atoms with Crippen molar-refractivity contribution in [2.24, 2.45) is 0 Å². The topological polar surface area (TPSA) is 79.9 Å². The number of hydrogen-bond acceptors (Lipinski definition) is 5. The highest BCUT2D eigenvalue weighted by molar-refractivity contribution is 8.00. The Morgan fingerprint density at radius 2 is 1.93 bits per heavy atom. The van der Waals surface area contributed by atoms with Gasteiger partial charge in [0.1, 0.15) is 29.7 Å². The highest BCUT2D eigenvalue weighted by Crippen LogP contribution is 2.23. The van der Waals surface area contributed by atoms with Crippen LogP contribution in [0.2, 0.25) is 0 Å². The Bertz CT molecular complexity index is 960. The maximum absolute atomic E-state index is 13.7. The lowest BCUT2D eigenvalue weighted by Crippen LogP contribution is -2.23. The number of carbonyl (C=O) groups excluding carboxylic acids is 1. The predicted molar refractivity (Wildman–Crippen MR) is 102 cm³/mol. The third-order valence-electron chi connectivity index (χ3n) is 3.83. The van der Waals surface area contributed by atoms with Gasteiger partial charge in [0.2, 0.25) is 11.1 Å². The van der Waals surface area contributed by atoms with Gasteiger partial charge in [0.15, 0.2) is 5.82 Å². The van der Waals surface area contributed by atoms with Gasteiger partial charge in [0, 0.05) is 0 Å². The Labute approximate surface area is 164 Å². The Balaban J connectivity index is 1.57. The van der Waals surface area contributed by atoms with E-state index in [1.807, 2.05) is 31.2 Å². The third-order valence-corrected chi connectivity index (χ3v) is 4.79. The number of ether oxygens (including phenoxy) is 1. The first kappa shape index (κ1) is 19.8. The van der Waals surface area contributed by atoms with Crippen molar-refractivity contribution in [1.29, 1.82) is 0 Å². The van der Waals surface area contributed by atoms with E-state index in [0.29, 0.717) is 11.0 Å². The standard InChI is InChI=1S/C19H18F2N4O2S/c1-11-6-3-4-9-15(11)27-10-16-22-19(25-24-16)28-12(2)18(26)23-17-13(20)7-5-8-14(17)21/h3-9,12H,10H2,1-2H3,(H,23,26)(H,22,24,25)/t12-/m0/s1. The van der Waals surface area contributed by atoms with Crippen molar-refractivity contribution in [2.45, 2.75) is 30.9 Å². The van der Waals surface area contributed by atoms with Crippen molar-refractivity contribution in [3.05, 3.63) is 65.5 Å². The summed E-state index contributed by atoms with van der Waals surface area (Å²) in [6, 6.07) is 11.0. The van der Waals surface area contributed by atoms with E-state index in [1.54, 1.807) is 6.92 Å². The summed E-state index contributed by atoms with van der Waals surface area (Å²) in [5, 5.41) is 8.71. The molecule has 0 saturated heterocycles. The maximum Gasteiger partial charge on any atom is 0.237 e. The normalized spacial score (nSPS) is 11.9. The van der Waals surface area contributed by atoms with Crippen LogP contribution < -0.4 is 10.1 Å². The number of nitrogens with zero attached hydrogens (tertiary/aromatic N) is 2. The SMILES string of the molecule is Cc1ccccc1OCc1nc(S[C@@H](C)C(=O)Nc2c(F)cccc2F)n[nH]1. The van der Waals surface area contributed by atoms with Gasteiger partial charge in [0.05, 0.1) is 5.25 Å². The maximum atomic E-state index is 13.7. The number of carbonyl (C=O) groups is 1. The number of benzene rings is 2. The molecule has 0 aliphatic rings. The number of rotatable bonds is 7. The van der Waals surface area contributed by atoms with Crippen LogP contribution in [0.3, 0.4) is 0 Å². The summed E-state index contributed by atoms with van der Waals surface area (Å²) < 4.78 is 33.0. The van der Waals surface area contributed by atoms with Gasteiger partial charge >= 0.3 is 0 Å². The van der Waals surface area contributed by atoms with Crippen LogP contribution in [0.25, 0.3) is 0 Å².